The molecule has 1 aliphatic rings. The molecule has 3 atom stereocenters. The fourth-order valence-corrected chi connectivity index (χ4v) is 2.29. The number of aryl methyl sites for hydroxylation is 1. The fourth-order valence-electron chi connectivity index (χ4n) is 2.29. The first-order valence-corrected chi connectivity index (χ1v) is 6.24. The van der Waals surface area contributed by atoms with Crippen LogP contribution < -0.4 is 5.32 Å². The molecule has 2 N–H and O–H groups in total. The lowest BCUT2D eigenvalue weighted by atomic mass is 9.79. The number of rotatable bonds is 4. The molecule has 0 amide bonds. The summed E-state index contributed by atoms with van der Waals surface area (Å²) in [7, 11) is 0. The van der Waals surface area contributed by atoms with Crippen molar-refractivity contribution >= 4 is 5.97 Å². The quantitative estimate of drug-likeness (QED) is 0.865. The minimum Gasteiger partial charge on any atom is -0.481 e. The third-order valence-corrected chi connectivity index (χ3v) is 3.75. The van der Waals surface area contributed by atoms with Crippen molar-refractivity contribution in [2.45, 2.75) is 38.8 Å². The van der Waals surface area contributed by atoms with E-state index in [9.17, 15) is 9.18 Å². The van der Waals surface area contributed by atoms with Crippen molar-refractivity contribution in [1.82, 2.24) is 5.32 Å². The van der Waals surface area contributed by atoms with Crippen LogP contribution in [0.5, 0.6) is 0 Å². The fraction of sp³-hybridized carbons (Fsp3) is 0.500. The van der Waals surface area contributed by atoms with E-state index in [2.05, 4.69) is 5.32 Å². The highest BCUT2D eigenvalue weighted by Crippen LogP contribution is 2.30. The molecule has 2 rings (SSSR count). The highest BCUT2D eigenvalue weighted by Gasteiger charge is 2.37. The van der Waals surface area contributed by atoms with E-state index in [1.54, 1.807) is 13.0 Å². The summed E-state index contributed by atoms with van der Waals surface area (Å²) in [5.74, 6) is -1.27. The SMILES string of the molecule is Cc1ccc(C(C)NC2CCC2C(=O)O)cc1F. The number of carboxylic acids is 1. The summed E-state index contributed by atoms with van der Waals surface area (Å²) >= 11 is 0. The van der Waals surface area contributed by atoms with Gasteiger partial charge in [-0.3, -0.25) is 4.79 Å². The molecule has 1 aliphatic carbocycles. The molecule has 1 aromatic rings. The van der Waals surface area contributed by atoms with Crippen LogP contribution in [0.25, 0.3) is 0 Å². The van der Waals surface area contributed by atoms with Crippen molar-refractivity contribution in [3.63, 3.8) is 0 Å². The van der Waals surface area contributed by atoms with Gasteiger partial charge in [-0.25, -0.2) is 4.39 Å². The summed E-state index contributed by atoms with van der Waals surface area (Å²) in [4.78, 5) is 10.9. The van der Waals surface area contributed by atoms with Crippen LogP contribution >= 0.6 is 0 Å². The molecule has 0 bridgehead atoms. The number of hydrogen-bond acceptors (Lipinski definition) is 2. The summed E-state index contributed by atoms with van der Waals surface area (Å²) in [6.45, 7) is 3.66. The number of hydrogen-bond donors (Lipinski definition) is 2. The molecular formula is C14H18FNO2. The van der Waals surface area contributed by atoms with Gasteiger partial charge in [0.1, 0.15) is 5.82 Å². The second-order valence-corrected chi connectivity index (χ2v) is 5.03. The van der Waals surface area contributed by atoms with E-state index in [4.69, 9.17) is 5.11 Å². The molecule has 18 heavy (non-hydrogen) atoms. The Morgan fingerprint density at radius 3 is 2.72 bits per heavy atom. The first-order chi connectivity index (χ1) is 8.49. The molecule has 1 aromatic carbocycles. The van der Waals surface area contributed by atoms with Crippen LogP contribution in [0.15, 0.2) is 18.2 Å². The summed E-state index contributed by atoms with van der Waals surface area (Å²) in [5, 5.41) is 12.2. The lowest BCUT2D eigenvalue weighted by molar-refractivity contribution is -0.146. The van der Waals surface area contributed by atoms with Gasteiger partial charge in [0.25, 0.3) is 0 Å². The number of benzene rings is 1. The first-order valence-electron chi connectivity index (χ1n) is 6.24. The van der Waals surface area contributed by atoms with E-state index in [1.807, 2.05) is 13.0 Å². The van der Waals surface area contributed by atoms with Crippen LogP contribution in [-0.2, 0) is 4.79 Å². The summed E-state index contributed by atoms with van der Waals surface area (Å²) in [6.07, 6.45) is 1.59. The van der Waals surface area contributed by atoms with Gasteiger partial charge in [0.05, 0.1) is 5.92 Å². The van der Waals surface area contributed by atoms with Crippen molar-refractivity contribution < 1.29 is 14.3 Å². The molecule has 0 spiro atoms. The first kappa shape index (κ1) is 13.0. The van der Waals surface area contributed by atoms with Crippen LogP contribution in [0.2, 0.25) is 0 Å². The highest BCUT2D eigenvalue weighted by molar-refractivity contribution is 5.72. The molecule has 98 valence electrons. The van der Waals surface area contributed by atoms with Crippen molar-refractivity contribution in [2.24, 2.45) is 5.92 Å². The van der Waals surface area contributed by atoms with Gasteiger partial charge in [-0.15, -0.1) is 0 Å². The summed E-state index contributed by atoms with van der Waals surface area (Å²) < 4.78 is 13.5. The maximum Gasteiger partial charge on any atom is 0.308 e. The van der Waals surface area contributed by atoms with Crippen LogP contribution in [0.4, 0.5) is 4.39 Å². The zero-order chi connectivity index (χ0) is 13.3. The average Bonchev–Trinajstić information content (AvgIpc) is 2.27. The molecule has 3 nitrogen and oxygen atoms in total. The lowest BCUT2D eigenvalue weighted by Gasteiger charge is -2.36. The number of nitrogens with one attached hydrogen (secondary N) is 1. The number of carbonyl (C=O) groups is 1. The van der Waals surface area contributed by atoms with Gasteiger partial charge in [0.15, 0.2) is 0 Å². The molecule has 0 heterocycles. The monoisotopic (exact) mass is 251 g/mol. The second kappa shape index (κ2) is 5.06. The molecule has 0 saturated heterocycles. The number of aliphatic carboxylic acids is 1. The van der Waals surface area contributed by atoms with Gasteiger partial charge < -0.3 is 10.4 Å². The Morgan fingerprint density at radius 1 is 1.50 bits per heavy atom. The van der Waals surface area contributed by atoms with Crippen molar-refractivity contribution in [2.75, 3.05) is 0 Å². The van der Waals surface area contributed by atoms with E-state index in [0.29, 0.717) is 5.56 Å². The molecule has 3 unspecified atom stereocenters. The maximum atomic E-state index is 13.5. The van der Waals surface area contributed by atoms with Gasteiger partial charge in [0, 0.05) is 12.1 Å². The topological polar surface area (TPSA) is 49.3 Å². The van der Waals surface area contributed by atoms with Crippen molar-refractivity contribution in [3.8, 4) is 0 Å². The van der Waals surface area contributed by atoms with Crippen LogP contribution in [0.3, 0.4) is 0 Å². The molecule has 1 saturated carbocycles. The second-order valence-electron chi connectivity index (χ2n) is 5.03. The molecule has 0 radical (unpaired) electrons. The average molecular weight is 251 g/mol. The Balaban J connectivity index is 2.01. The predicted octanol–water partition coefficient (Wildman–Crippen LogP) is 2.65. The van der Waals surface area contributed by atoms with Gasteiger partial charge >= 0.3 is 5.97 Å². The lowest BCUT2D eigenvalue weighted by Crippen LogP contribution is -2.48. The molecule has 1 fully saturated rings. The van der Waals surface area contributed by atoms with E-state index in [0.717, 1.165) is 18.4 Å². The van der Waals surface area contributed by atoms with Crippen molar-refractivity contribution in [3.05, 3.63) is 35.1 Å². The molecule has 0 aliphatic heterocycles. The third-order valence-electron chi connectivity index (χ3n) is 3.75. The van der Waals surface area contributed by atoms with E-state index in [-0.39, 0.29) is 23.8 Å². The highest BCUT2D eigenvalue weighted by atomic mass is 19.1. The Labute approximate surface area is 106 Å². The zero-order valence-corrected chi connectivity index (χ0v) is 10.6. The molecular weight excluding hydrogens is 233 g/mol. The summed E-state index contributed by atoms with van der Waals surface area (Å²) in [5.41, 5.74) is 1.48. The third kappa shape index (κ3) is 2.53. The van der Waals surface area contributed by atoms with Gasteiger partial charge in [-0.2, -0.15) is 0 Å². The standard InChI is InChI=1S/C14H18FNO2/c1-8-3-4-10(7-12(8)15)9(2)16-13-6-5-11(13)14(17)18/h3-4,7,9,11,13,16H,5-6H2,1-2H3,(H,17,18). The Morgan fingerprint density at radius 2 is 2.22 bits per heavy atom. The zero-order valence-electron chi connectivity index (χ0n) is 10.6. The van der Waals surface area contributed by atoms with E-state index < -0.39 is 5.97 Å². The Hall–Kier alpha value is -1.42. The van der Waals surface area contributed by atoms with Crippen molar-refractivity contribution in [1.29, 1.82) is 0 Å². The largest absolute Gasteiger partial charge is 0.481 e. The van der Waals surface area contributed by atoms with Crippen LogP contribution in [0.1, 0.15) is 36.9 Å². The number of carboxylic acid groups (broad SMARTS) is 1. The number of halogens is 1. The normalized spacial score (nSPS) is 24.4. The van der Waals surface area contributed by atoms with E-state index >= 15 is 0 Å². The minimum absolute atomic E-state index is 0.00173. The minimum atomic E-state index is -0.749. The maximum absolute atomic E-state index is 13.5. The van der Waals surface area contributed by atoms with Gasteiger partial charge in [-0.1, -0.05) is 12.1 Å². The molecule has 4 heteroatoms. The smallest absolute Gasteiger partial charge is 0.308 e. The van der Waals surface area contributed by atoms with Gasteiger partial charge in [-0.05, 0) is 43.9 Å². The Kier molecular flexibility index (Phi) is 3.66. The van der Waals surface area contributed by atoms with Crippen LogP contribution in [-0.4, -0.2) is 17.1 Å². The molecule has 0 aromatic heterocycles. The Bertz CT molecular complexity index is 461. The van der Waals surface area contributed by atoms with Crippen LogP contribution in [0, 0.1) is 18.7 Å². The van der Waals surface area contributed by atoms with E-state index in [1.165, 1.54) is 6.07 Å². The van der Waals surface area contributed by atoms with Gasteiger partial charge in [0.2, 0.25) is 0 Å². The predicted molar refractivity (Wildman–Crippen MR) is 66.8 cm³/mol. The summed E-state index contributed by atoms with van der Waals surface area (Å²) in [6, 6.07) is 5.11.